The van der Waals surface area contributed by atoms with Gasteiger partial charge in [-0.3, -0.25) is 4.79 Å². The van der Waals surface area contributed by atoms with E-state index in [9.17, 15) is 9.59 Å². The van der Waals surface area contributed by atoms with Crippen molar-refractivity contribution < 1.29 is 14.3 Å². The maximum atomic E-state index is 11.8. The summed E-state index contributed by atoms with van der Waals surface area (Å²) in [5.41, 5.74) is 0.830. The molecule has 0 N–H and O–H groups in total. The van der Waals surface area contributed by atoms with Gasteiger partial charge in [0.05, 0.1) is 0 Å². The monoisotopic (exact) mass is 264 g/mol. The zero-order valence-electron chi connectivity index (χ0n) is 11.8. The van der Waals surface area contributed by atoms with Crippen molar-refractivity contribution in [3.05, 3.63) is 35.6 Å². The van der Waals surface area contributed by atoms with Gasteiger partial charge < -0.3 is 9.64 Å². The topological polar surface area (TPSA) is 49.9 Å². The number of ether oxygens (including phenoxy) is 1. The van der Waals surface area contributed by atoms with Crippen LogP contribution in [0, 0.1) is 0 Å². The zero-order valence-corrected chi connectivity index (χ0v) is 11.8. The molecule has 5 nitrogen and oxygen atoms in total. The van der Waals surface area contributed by atoms with E-state index in [4.69, 9.17) is 4.74 Å². The van der Waals surface area contributed by atoms with Gasteiger partial charge in [0.2, 0.25) is 0 Å². The molecule has 0 atom stereocenters. The first-order valence-corrected chi connectivity index (χ1v) is 6.22. The van der Waals surface area contributed by atoms with E-state index in [1.807, 2.05) is 44.1 Å². The molecule has 0 aromatic carbocycles. The summed E-state index contributed by atoms with van der Waals surface area (Å²) in [6.07, 6.45) is 6.71. The fourth-order valence-corrected chi connectivity index (χ4v) is 1.55. The Bertz CT molecular complexity index is 448. The van der Waals surface area contributed by atoms with Crippen molar-refractivity contribution in [1.29, 1.82) is 0 Å². The third kappa shape index (κ3) is 4.06. The molecule has 0 radical (unpaired) electrons. The Morgan fingerprint density at radius 1 is 1.37 bits per heavy atom. The number of hydrogen-bond acceptors (Lipinski definition) is 4. The summed E-state index contributed by atoms with van der Waals surface area (Å²) in [7, 11) is 3.94. The third-order valence-corrected chi connectivity index (χ3v) is 2.60. The number of cyclic esters (lactones) is 1. The molecule has 19 heavy (non-hydrogen) atoms. The lowest BCUT2D eigenvalue weighted by Gasteiger charge is -2.04. The molecule has 1 rings (SSSR count). The van der Waals surface area contributed by atoms with Gasteiger partial charge in [-0.05, 0) is 39.6 Å². The average molecular weight is 264 g/mol. The van der Waals surface area contributed by atoms with Crippen molar-refractivity contribution in [2.24, 2.45) is 0 Å². The van der Waals surface area contributed by atoms with Crippen LogP contribution in [0.25, 0.3) is 0 Å². The van der Waals surface area contributed by atoms with E-state index in [1.54, 1.807) is 13.0 Å². The van der Waals surface area contributed by atoms with Crippen LogP contribution in [0.5, 0.6) is 0 Å². The number of allylic oxidation sites excluding steroid dienone is 4. The number of likely N-dealkylation sites (N-methyl/N-ethyl adjacent to an activating group) is 2. The summed E-state index contributed by atoms with van der Waals surface area (Å²) in [5, 5.41) is 0. The molecule has 1 aliphatic heterocycles. The van der Waals surface area contributed by atoms with Crippen LogP contribution in [0.2, 0.25) is 0 Å². The van der Waals surface area contributed by atoms with Crippen molar-refractivity contribution >= 4 is 12.0 Å². The summed E-state index contributed by atoms with van der Waals surface area (Å²) in [4.78, 5) is 26.3. The maximum Gasteiger partial charge on any atom is 0.422 e. The van der Waals surface area contributed by atoms with Gasteiger partial charge in [0, 0.05) is 13.1 Å². The number of amides is 2. The number of imide groups is 1. The molecular weight excluding hydrogens is 244 g/mol. The van der Waals surface area contributed by atoms with Crippen LogP contribution >= 0.6 is 0 Å². The Balaban J connectivity index is 2.81. The summed E-state index contributed by atoms with van der Waals surface area (Å²) in [5.74, 6) is -0.303. The lowest BCUT2D eigenvalue weighted by molar-refractivity contribution is -0.123. The van der Waals surface area contributed by atoms with Gasteiger partial charge in [-0.25, -0.2) is 9.69 Å². The summed E-state index contributed by atoms with van der Waals surface area (Å²) >= 11 is 0. The predicted octanol–water partition coefficient (Wildman–Crippen LogP) is 1.93. The molecule has 0 saturated carbocycles. The first-order chi connectivity index (χ1) is 8.99. The Morgan fingerprint density at radius 2 is 2.05 bits per heavy atom. The van der Waals surface area contributed by atoms with Gasteiger partial charge in [-0.1, -0.05) is 18.2 Å². The molecule has 0 spiro atoms. The van der Waals surface area contributed by atoms with Gasteiger partial charge in [0.1, 0.15) is 0 Å². The van der Waals surface area contributed by atoms with Gasteiger partial charge in [-0.2, -0.15) is 0 Å². The van der Waals surface area contributed by atoms with E-state index in [0.29, 0.717) is 6.54 Å². The molecule has 2 amide bonds. The van der Waals surface area contributed by atoms with Gasteiger partial charge >= 0.3 is 6.09 Å². The van der Waals surface area contributed by atoms with Crippen molar-refractivity contribution in [3.8, 4) is 0 Å². The largest absolute Gasteiger partial charge is 0.422 e. The fraction of sp³-hybridized carbons (Fsp3) is 0.429. The van der Waals surface area contributed by atoms with Crippen LogP contribution in [-0.2, 0) is 9.53 Å². The Morgan fingerprint density at radius 3 is 2.53 bits per heavy atom. The number of hydrogen-bond donors (Lipinski definition) is 0. The van der Waals surface area contributed by atoms with Crippen molar-refractivity contribution in [2.45, 2.75) is 13.8 Å². The zero-order chi connectivity index (χ0) is 14.4. The molecule has 0 aliphatic carbocycles. The lowest BCUT2D eigenvalue weighted by atomic mass is 10.2. The molecular formula is C14H20N2O3. The summed E-state index contributed by atoms with van der Waals surface area (Å²) in [6.45, 7) is 4.72. The highest BCUT2D eigenvalue weighted by molar-refractivity contribution is 6.07. The quantitative estimate of drug-likeness (QED) is 0.562. The molecule has 1 aliphatic rings. The second-order valence-corrected chi connectivity index (χ2v) is 4.38. The molecule has 0 aromatic heterocycles. The van der Waals surface area contributed by atoms with Crippen molar-refractivity contribution in [2.75, 3.05) is 27.2 Å². The molecule has 5 heteroatoms. The molecule has 1 saturated heterocycles. The summed E-state index contributed by atoms with van der Waals surface area (Å²) in [6, 6.07) is 0. The van der Waals surface area contributed by atoms with Crippen LogP contribution in [0.4, 0.5) is 4.79 Å². The van der Waals surface area contributed by atoms with Crippen LogP contribution in [0.15, 0.2) is 35.6 Å². The van der Waals surface area contributed by atoms with Crippen LogP contribution < -0.4 is 0 Å². The molecule has 0 aromatic rings. The van der Waals surface area contributed by atoms with E-state index in [-0.39, 0.29) is 11.7 Å². The minimum absolute atomic E-state index is 0.0782. The number of carbonyl (C=O) groups excluding carboxylic acids is 2. The SMILES string of the molecule is C/C=C(\C=C/CN(C)C)/C=C1/OC(=O)N(CC)C1=O. The molecule has 1 fully saturated rings. The normalized spacial score (nSPS) is 19.1. The average Bonchev–Trinajstić information content (AvgIpc) is 2.62. The number of rotatable bonds is 5. The summed E-state index contributed by atoms with van der Waals surface area (Å²) < 4.78 is 4.95. The highest BCUT2D eigenvalue weighted by Crippen LogP contribution is 2.18. The molecule has 1 heterocycles. The van der Waals surface area contributed by atoms with E-state index in [1.165, 1.54) is 0 Å². The van der Waals surface area contributed by atoms with E-state index >= 15 is 0 Å². The van der Waals surface area contributed by atoms with E-state index in [0.717, 1.165) is 17.0 Å². The highest BCUT2D eigenvalue weighted by Gasteiger charge is 2.34. The maximum absolute atomic E-state index is 11.8. The fourth-order valence-electron chi connectivity index (χ4n) is 1.55. The van der Waals surface area contributed by atoms with Crippen molar-refractivity contribution in [1.82, 2.24) is 9.80 Å². The minimum atomic E-state index is -0.605. The predicted molar refractivity (Wildman–Crippen MR) is 73.4 cm³/mol. The molecule has 0 bridgehead atoms. The van der Waals surface area contributed by atoms with Crippen molar-refractivity contribution in [3.63, 3.8) is 0 Å². The second kappa shape index (κ2) is 6.89. The molecule has 104 valence electrons. The van der Waals surface area contributed by atoms with Gasteiger partial charge in [0.25, 0.3) is 5.91 Å². The van der Waals surface area contributed by atoms with Gasteiger partial charge in [-0.15, -0.1) is 0 Å². The lowest BCUT2D eigenvalue weighted by Crippen LogP contribution is -2.28. The van der Waals surface area contributed by atoms with Crippen LogP contribution in [0.1, 0.15) is 13.8 Å². The van der Waals surface area contributed by atoms with Crippen LogP contribution in [-0.4, -0.2) is 49.0 Å². The van der Waals surface area contributed by atoms with Gasteiger partial charge in [0.15, 0.2) is 5.76 Å². The number of nitrogens with zero attached hydrogens (tertiary/aromatic N) is 2. The second-order valence-electron chi connectivity index (χ2n) is 4.38. The smallest absolute Gasteiger partial charge is 0.404 e. The number of carbonyl (C=O) groups is 2. The molecule has 0 unspecified atom stereocenters. The standard InChI is InChI=1S/C14H20N2O3/c1-5-11(8-7-9-15(3)4)10-12-13(17)16(6-2)14(18)19-12/h5,7-8,10H,6,9H2,1-4H3/b8-7-,11-5+,12-10+. The highest BCUT2D eigenvalue weighted by atomic mass is 16.6. The van der Waals surface area contributed by atoms with Crippen LogP contribution in [0.3, 0.4) is 0 Å². The van der Waals surface area contributed by atoms with E-state index in [2.05, 4.69) is 0 Å². The Kier molecular flexibility index (Phi) is 5.51. The first-order valence-electron chi connectivity index (χ1n) is 6.22. The minimum Gasteiger partial charge on any atom is -0.404 e. The first kappa shape index (κ1) is 15.2. The third-order valence-electron chi connectivity index (χ3n) is 2.60. The Hall–Kier alpha value is -1.88. The van der Waals surface area contributed by atoms with E-state index < -0.39 is 6.09 Å². The Labute approximate surface area is 113 Å².